The molecule has 1 aromatic carbocycles. The van der Waals surface area contributed by atoms with E-state index in [4.69, 9.17) is 11.6 Å². The number of nitrogens with zero attached hydrogens (tertiary/aromatic N) is 1. The Kier molecular flexibility index (Phi) is 5.67. The first-order valence-corrected chi connectivity index (χ1v) is 7.66. The van der Waals surface area contributed by atoms with Crippen LogP contribution in [0.2, 0.25) is 5.02 Å². The Balaban J connectivity index is 2.38. The van der Waals surface area contributed by atoms with Crippen LogP contribution in [-0.4, -0.2) is 11.5 Å². The third-order valence-corrected chi connectivity index (χ3v) is 4.11. The first kappa shape index (κ1) is 16.3. The Bertz CT molecular complexity index is 637. The van der Waals surface area contributed by atoms with Gasteiger partial charge in [-0.3, -0.25) is 4.98 Å². The number of likely N-dealkylation sites (N-methyl/N-ethyl adjacent to an activating group) is 1. The van der Waals surface area contributed by atoms with Gasteiger partial charge in [-0.1, -0.05) is 18.5 Å². The molecule has 0 spiro atoms. The SMILES string of the molecule is CCNC(Cc1c(F)ccc(Br)c1F)c1ccncc1Cl. The van der Waals surface area contributed by atoms with Crippen molar-refractivity contribution in [1.82, 2.24) is 10.3 Å². The van der Waals surface area contributed by atoms with E-state index in [-0.39, 0.29) is 22.5 Å². The lowest BCUT2D eigenvalue weighted by atomic mass is 9.98. The minimum absolute atomic E-state index is 0.0307. The van der Waals surface area contributed by atoms with E-state index in [9.17, 15) is 8.78 Å². The third kappa shape index (κ3) is 3.78. The molecule has 1 aromatic heterocycles. The summed E-state index contributed by atoms with van der Waals surface area (Å²) in [5.41, 5.74) is 0.801. The molecule has 112 valence electrons. The first-order valence-electron chi connectivity index (χ1n) is 6.49. The highest BCUT2D eigenvalue weighted by molar-refractivity contribution is 9.10. The van der Waals surface area contributed by atoms with E-state index in [2.05, 4.69) is 26.2 Å². The van der Waals surface area contributed by atoms with Crippen LogP contribution < -0.4 is 5.32 Å². The van der Waals surface area contributed by atoms with Crippen LogP contribution >= 0.6 is 27.5 Å². The molecule has 6 heteroatoms. The van der Waals surface area contributed by atoms with Crippen molar-refractivity contribution in [2.75, 3.05) is 6.54 Å². The van der Waals surface area contributed by atoms with Crippen LogP contribution in [0.4, 0.5) is 8.78 Å². The lowest BCUT2D eigenvalue weighted by Crippen LogP contribution is -2.24. The van der Waals surface area contributed by atoms with Crippen molar-refractivity contribution in [1.29, 1.82) is 0 Å². The highest BCUT2D eigenvalue weighted by Gasteiger charge is 2.20. The molecule has 0 saturated carbocycles. The van der Waals surface area contributed by atoms with E-state index in [0.29, 0.717) is 11.6 Å². The first-order chi connectivity index (χ1) is 10.0. The van der Waals surface area contributed by atoms with Crippen LogP contribution in [0.5, 0.6) is 0 Å². The predicted octanol–water partition coefficient (Wildman–Crippen LogP) is 4.67. The van der Waals surface area contributed by atoms with Crippen LogP contribution in [0.3, 0.4) is 0 Å². The van der Waals surface area contributed by atoms with Gasteiger partial charge in [0.25, 0.3) is 0 Å². The number of aromatic nitrogens is 1. The summed E-state index contributed by atoms with van der Waals surface area (Å²) < 4.78 is 28.3. The molecule has 21 heavy (non-hydrogen) atoms. The largest absolute Gasteiger partial charge is 0.310 e. The monoisotopic (exact) mass is 374 g/mol. The topological polar surface area (TPSA) is 24.9 Å². The van der Waals surface area contributed by atoms with Crippen LogP contribution in [0.1, 0.15) is 24.1 Å². The van der Waals surface area contributed by atoms with Gasteiger partial charge in [0, 0.05) is 24.0 Å². The molecule has 1 atom stereocenters. The molecular formula is C15H14BrClF2N2. The Morgan fingerprint density at radius 1 is 1.33 bits per heavy atom. The Labute approximate surface area is 135 Å². The van der Waals surface area contributed by atoms with Gasteiger partial charge in [-0.25, -0.2) is 8.78 Å². The fourth-order valence-corrected chi connectivity index (χ4v) is 2.79. The van der Waals surface area contributed by atoms with Gasteiger partial charge in [0.05, 0.1) is 9.50 Å². The maximum Gasteiger partial charge on any atom is 0.143 e. The number of halogens is 4. The van der Waals surface area contributed by atoms with E-state index >= 15 is 0 Å². The van der Waals surface area contributed by atoms with Gasteiger partial charge < -0.3 is 5.32 Å². The third-order valence-electron chi connectivity index (χ3n) is 3.18. The number of rotatable bonds is 5. The van der Waals surface area contributed by atoms with Gasteiger partial charge in [-0.2, -0.15) is 0 Å². The second-order valence-corrected chi connectivity index (χ2v) is 5.79. The molecule has 0 radical (unpaired) electrons. The maximum absolute atomic E-state index is 14.1. The molecule has 1 unspecified atom stereocenters. The highest BCUT2D eigenvalue weighted by Crippen LogP contribution is 2.29. The van der Waals surface area contributed by atoms with Crippen LogP contribution in [-0.2, 0) is 6.42 Å². The Morgan fingerprint density at radius 3 is 2.76 bits per heavy atom. The molecule has 0 aliphatic carbocycles. The molecule has 2 nitrogen and oxygen atoms in total. The second-order valence-electron chi connectivity index (χ2n) is 4.53. The van der Waals surface area contributed by atoms with E-state index in [1.165, 1.54) is 18.3 Å². The average molecular weight is 376 g/mol. The summed E-state index contributed by atoms with van der Waals surface area (Å²) in [6.45, 7) is 2.58. The lowest BCUT2D eigenvalue weighted by Gasteiger charge is -2.20. The Hall–Kier alpha value is -1.04. The minimum Gasteiger partial charge on any atom is -0.310 e. The van der Waals surface area contributed by atoms with Gasteiger partial charge >= 0.3 is 0 Å². The molecule has 0 fully saturated rings. The van der Waals surface area contributed by atoms with Gasteiger partial charge in [-0.15, -0.1) is 0 Å². The number of benzene rings is 1. The molecule has 0 amide bonds. The molecule has 2 rings (SSSR count). The smallest absolute Gasteiger partial charge is 0.143 e. The van der Waals surface area contributed by atoms with E-state index < -0.39 is 11.6 Å². The van der Waals surface area contributed by atoms with Crippen molar-refractivity contribution in [3.8, 4) is 0 Å². The number of hydrogen-bond acceptors (Lipinski definition) is 2. The molecule has 1 heterocycles. The quantitative estimate of drug-likeness (QED) is 0.768. The average Bonchev–Trinajstić information content (AvgIpc) is 2.47. The van der Waals surface area contributed by atoms with Gasteiger partial charge in [0.2, 0.25) is 0 Å². The summed E-state index contributed by atoms with van der Waals surface area (Å²) in [7, 11) is 0. The minimum atomic E-state index is -0.580. The summed E-state index contributed by atoms with van der Waals surface area (Å²) in [6.07, 6.45) is 3.29. The number of nitrogens with one attached hydrogen (secondary N) is 1. The fraction of sp³-hybridized carbons (Fsp3) is 0.267. The van der Waals surface area contributed by atoms with Gasteiger partial charge in [-0.05, 0) is 52.7 Å². The number of pyridine rings is 1. The van der Waals surface area contributed by atoms with Crippen molar-refractivity contribution in [3.63, 3.8) is 0 Å². The molecule has 0 saturated heterocycles. The van der Waals surface area contributed by atoms with Crippen molar-refractivity contribution in [2.24, 2.45) is 0 Å². The Morgan fingerprint density at radius 2 is 2.10 bits per heavy atom. The summed E-state index contributed by atoms with van der Waals surface area (Å²) in [4.78, 5) is 3.93. The number of hydrogen-bond donors (Lipinski definition) is 1. The van der Waals surface area contributed by atoms with Crippen LogP contribution in [0.15, 0.2) is 35.1 Å². The maximum atomic E-state index is 14.1. The standard InChI is InChI=1S/C15H14BrClF2N2/c1-2-21-14(9-5-6-20-8-12(9)17)7-10-13(18)4-3-11(16)15(10)19/h3-6,8,14,21H,2,7H2,1H3. The van der Waals surface area contributed by atoms with Crippen molar-refractivity contribution >= 4 is 27.5 Å². The summed E-state index contributed by atoms with van der Waals surface area (Å²) in [6, 6.07) is 4.07. The van der Waals surface area contributed by atoms with E-state index in [1.807, 2.05) is 6.92 Å². The lowest BCUT2D eigenvalue weighted by molar-refractivity contribution is 0.497. The summed E-state index contributed by atoms with van der Waals surface area (Å²) in [5, 5.41) is 3.67. The fourth-order valence-electron chi connectivity index (χ4n) is 2.17. The van der Waals surface area contributed by atoms with Gasteiger partial charge in [0.15, 0.2) is 0 Å². The van der Waals surface area contributed by atoms with E-state index in [1.54, 1.807) is 12.3 Å². The molecular weight excluding hydrogens is 362 g/mol. The zero-order chi connectivity index (χ0) is 15.4. The molecule has 1 N–H and O–H groups in total. The molecule has 2 aromatic rings. The second kappa shape index (κ2) is 7.29. The van der Waals surface area contributed by atoms with Gasteiger partial charge in [0.1, 0.15) is 11.6 Å². The van der Waals surface area contributed by atoms with E-state index in [0.717, 1.165) is 5.56 Å². The summed E-state index contributed by atoms with van der Waals surface area (Å²) >= 11 is 9.21. The normalized spacial score (nSPS) is 12.4. The van der Waals surface area contributed by atoms with Crippen LogP contribution in [0.25, 0.3) is 0 Å². The van der Waals surface area contributed by atoms with Crippen molar-refractivity contribution in [2.45, 2.75) is 19.4 Å². The summed E-state index contributed by atoms with van der Waals surface area (Å²) in [5.74, 6) is -1.15. The van der Waals surface area contributed by atoms with Crippen LogP contribution in [0, 0.1) is 11.6 Å². The zero-order valence-electron chi connectivity index (χ0n) is 11.3. The molecule has 0 aliphatic rings. The zero-order valence-corrected chi connectivity index (χ0v) is 13.7. The molecule has 0 bridgehead atoms. The molecule has 0 aliphatic heterocycles. The highest BCUT2D eigenvalue weighted by atomic mass is 79.9. The van der Waals surface area contributed by atoms with Crippen molar-refractivity contribution < 1.29 is 8.78 Å². The predicted molar refractivity (Wildman–Crippen MR) is 83.4 cm³/mol. The van der Waals surface area contributed by atoms with Crippen molar-refractivity contribution in [3.05, 3.63) is 62.8 Å².